The van der Waals surface area contributed by atoms with E-state index in [2.05, 4.69) is 58.9 Å². The summed E-state index contributed by atoms with van der Waals surface area (Å²) in [6, 6.07) is 10.3. The fourth-order valence-corrected chi connectivity index (χ4v) is 3.59. The molecule has 1 fully saturated rings. The summed E-state index contributed by atoms with van der Waals surface area (Å²) in [5, 5.41) is 10.9. The minimum atomic E-state index is 0. The van der Waals surface area contributed by atoms with E-state index in [9.17, 15) is 0 Å². The van der Waals surface area contributed by atoms with Crippen molar-refractivity contribution in [3.05, 3.63) is 30.3 Å². The molecule has 1 aromatic rings. The Hall–Kier alpha value is -0.630. The number of aliphatic imine (C=N–C) groups is 1. The first-order chi connectivity index (χ1) is 10.9. The van der Waals surface area contributed by atoms with Crippen LogP contribution in [-0.4, -0.2) is 43.1 Å². The Morgan fingerprint density at radius 3 is 2.74 bits per heavy atom. The molecule has 1 atom stereocenters. The molecular formula is C17H29IN4S. The summed E-state index contributed by atoms with van der Waals surface area (Å²) in [5.41, 5.74) is 1.18. The van der Waals surface area contributed by atoms with Crippen molar-refractivity contribution in [2.24, 2.45) is 4.99 Å². The van der Waals surface area contributed by atoms with E-state index in [4.69, 9.17) is 4.99 Å². The van der Waals surface area contributed by atoms with Crippen LogP contribution in [-0.2, 0) is 0 Å². The van der Waals surface area contributed by atoms with Gasteiger partial charge < -0.3 is 16.0 Å². The number of benzene rings is 1. The van der Waals surface area contributed by atoms with E-state index < -0.39 is 0 Å². The molecule has 0 spiro atoms. The first kappa shape index (κ1) is 20.4. The molecule has 1 unspecified atom stereocenters. The van der Waals surface area contributed by atoms with Crippen molar-refractivity contribution in [2.75, 3.05) is 37.2 Å². The predicted molar refractivity (Wildman–Crippen MR) is 114 cm³/mol. The standard InChI is InChI=1S/C17H28N4S.HI/c1-2-18-17(21-14-16-10-6-13-22-16)20-12-7-11-19-15-8-4-3-5-9-15;/h3-5,8-9,16,19H,2,6-7,10-14H2,1H3,(H2,18,20,21);1H. The Balaban J connectivity index is 0.00000264. The molecule has 0 bridgehead atoms. The van der Waals surface area contributed by atoms with Crippen LogP contribution in [0.3, 0.4) is 0 Å². The second-order valence-electron chi connectivity index (χ2n) is 5.43. The smallest absolute Gasteiger partial charge is 0.191 e. The Labute approximate surface area is 161 Å². The first-order valence-corrected chi connectivity index (χ1v) is 9.36. The summed E-state index contributed by atoms with van der Waals surface area (Å²) in [5.74, 6) is 2.25. The molecule has 0 aromatic heterocycles. The minimum absolute atomic E-state index is 0. The van der Waals surface area contributed by atoms with Gasteiger partial charge in [-0.15, -0.1) is 24.0 Å². The van der Waals surface area contributed by atoms with Gasteiger partial charge in [0.25, 0.3) is 0 Å². The summed E-state index contributed by atoms with van der Waals surface area (Å²) < 4.78 is 0. The van der Waals surface area contributed by atoms with E-state index in [1.807, 2.05) is 6.07 Å². The van der Waals surface area contributed by atoms with Crippen LogP contribution in [0.1, 0.15) is 26.2 Å². The molecule has 0 radical (unpaired) electrons. The topological polar surface area (TPSA) is 48.5 Å². The molecule has 1 aliphatic heterocycles. The number of anilines is 1. The van der Waals surface area contributed by atoms with Crippen LogP contribution in [0.15, 0.2) is 35.3 Å². The van der Waals surface area contributed by atoms with Crippen molar-refractivity contribution >= 4 is 47.4 Å². The van der Waals surface area contributed by atoms with Gasteiger partial charge in [-0.25, -0.2) is 0 Å². The molecule has 1 saturated heterocycles. The van der Waals surface area contributed by atoms with Gasteiger partial charge >= 0.3 is 0 Å². The van der Waals surface area contributed by atoms with E-state index in [1.165, 1.54) is 24.3 Å². The number of nitrogens with zero attached hydrogens (tertiary/aromatic N) is 1. The Morgan fingerprint density at radius 2 is 2.04 bits per heavy atom. The van der Waals surface area contributed by atoms with Gasteiger partial charge in [-0.1, -0.05) is 18.2 Å². The van der Waals surface area contributed by atoms with Crippen LogP contribution in [0.25, 0.3) is 0 Å². The lowest BCUT2D eigenvalue weighted by molar-refractivity contribution is 0.747. The van der Waals surface area contributed by atoms with Gasteiger partial charge in [-0.2, -0.15) is 11.8 Å². The van der Waals surface area contributed by atoms with Crippen LogP contribution in [0.4, 0.5) is 5.69 Å². The Bertz CT molecular complexity index is 435. The molecule has 1 heterocycles. The van der Waals surface area contributed by atoms with Gasteiger partial charge in [-0.05, 0) is 44.1 Å². The molecule has 23 heavy (non-hydrogen) atoms. The lowest BCUT2D eigenvalue weighted by atomic mass is 10.2. The monoisotopic (exact) mass is 448 g/mol. The van der Waals surface area contributed by atoms with Crippen molar-refractivity contribution in [2.45, 2.75) is 31.4 Å². The molecule has 130 valence electrons. The third kappa shape index (κ3) is 8.69. The summed E-state index contributed by atoms with van der Waals surface area (Å²) in [6.07, 6.45) is 3.73. The van der Waals surface area contributed by atoms with Crippen LogP contribution in [0.2, 0.25) is 0 Å². The largest absolute Gasteiger partial charge is 0.385 e. The average molecular weight is 448 g/mol. The Kier molecular flexibility index (Phi) is 11.3. The second kappa shape index (κ2) is 12.8. The molecule has 0 aliphatic carbocycles. The number of hydrogen-bond donors (Lipinski definition) is 3. The van der Waals surface area contributed by atoms with E-state index in [0.29, 0.717) is 0 Å². The third-order valence-electron chi connectivity index (χ3n) is 3.57. The molecule has 3 N–H and O–H groups in total. The van der Waals surface area contributed by atoms with Crippen LogP contribution in [0, 0.1) is 0 Å². The summed E-state index contributed by atoms with van der Waals surface area (Å²) >= 11 is 2.06. The van der Waals surface area contributed by atoms with Crippen molar-refractivity contribution < 1.29 is 0 Å². The van der Waals surface area contributed by atoms with Gasteiger partial charge in [-0.3, -0.25) is 4.99 Å². The molecule has 0 saturated carbocycles. The molecule has 0 amide bonds. The average Bonchev–Trinajstić information content (AvgIpc) is 3.06. The summed E-state index contributed by atoms with van der Waals surface area (Å²) in [6.45, 7) is 5.85. The van der Waals surface area contributed by atoms with E-state index in [1.54, 1.807) is 0 Å². The van der Waals surface area contributed by atoms with Gasteiger partial charge in [0.2, 0.25) is 0 Å². The van der Waals surface area contributed by atoms with Crippen molar-refractivity contribution in [1.82, 2.24) is 10.6 Å². The second-order valence-corrected chi connectivity index (χ2v) is 6.84. The fourth-order valence-electron chi connectivity index (χ4n) is 2.41. The highest BCUT2D eigenvalue weighted by molar-refractivity contribution is 14.0. The number of thioether (sulfide) groups is 1. The zero-order valence-corrected chi connectivity index (χ0v) is 17.0. The third-order valence-corrected chi connectivity index (χ3v) is 4.95. The number of para-hydroxylation sites is 1. The number of nitrogens with one attached hydrogen (secondary N) is 3. The number of guanidine groups is 1. The van der Waals surface area contributed by atoms with Gasteiger partial charge in [0.05, 0.1) is 6.54 Å². The number of halogens is 1. The lowest BCUT2D eigenvalue weighted by Crippen LogP contribution is -2.38. The van der Waals surface area contributed by atoms with Crippen LogP contribution >= 0.6 is 35.7 Å². The zero-order chi connectivity index (χ0) is 15.5. The first-order valence-electron chi connectivity index (χ1n) is 8.31. The fraction of sp³-hybridized carbons (Fsp3) is 0.588. The Morgan fingerprint density at radius 1 is 1.22 bits per heavy atom. The van der Waals surface area contributed by atoms with Gasteiger partial charge in [0.1, 0.15) is 0 Å². The van der Waals surface area contributed by atoms with E-state index in [0.717, 1.165) is 43.8 Å². The quantitative estimate of drug-likeness (QED) is 0.246. The molecule has 1 aromatic carbocycles. The van der Waals surface area contributed by atoms with Crippen molar-refractivity contribution in [1.29, 1.82) is 0 Å². The SMILES string of the molecule is CCNC(=NCC1CCCS1)NCCCNc1ccccc1.I. The molecule has 1 aliphatic rings. The number of rotatable bonds is 8. The molecule has 4 nitrogen and oxygen atoms in total. The highest BCUT2D eigenvalue weighted by Gasteiger charge is 2.14. The van der Waals surface area contributed by atoms with Crippen molar-refractivity contribution in [3.63, 3.8) is 0 Å². The highest BCUT2D eigenvalue weighted by Crippen LogP contribution is 2.25. The maximum Gasteiger partial charge on any atom is 0.191 e. The van der Waals surface area contributed by atoms with Gasteiger partial charge in [0.15, 0.2) is 5.96 Å². The highest BCUT2D eigenvalue weighted by atomic mass is 127. The summed E-state index contributed by atoms with van der Waals surface area (Å²) in [7, 11) is 0. The molecule has 6 heteroatoms. The van der Waals surface area contributed by atoms with Crippen LogP contribution in [0.5, 0.6) is 0 Å². The van der Waals surface area contributed by atoms with Crippen molar-refractivity contribution in [3.8, 4) is 0 Å². The van der Waals surface area contributed by atoms with E-state index >= 15 is 0 Å². The van der Waals surface area contributed by atoms with E-state index in [-0.39, 0.29) is 24.0 Å². The van der Waals surface area contributed by atoms with Crippen LogP contribution < -0.4 is 16.0 Å². The normalized spacial score (nSPS) is 17.4. The summed E-state index contributed by atoms with van der Waals surface area (Å²) in [4.78, 5) is 4.70. The predicted octanol–water partition coefficient (Wildman–Crippen LogP) is 3.56. The maximum absolute atomic E-state index is 4.70. The maximum atomic E-state index is 4.70. The molecular weight excluding hydrogens is 419 g/mol. The lowest BCUT2D eigenvalue weighted by Gasteiger charge is -2.13. The number of hydrogen-bond acceptors (Lipinski definition) is 3. The zero-order valence-electron chi connectivity index (χ0n) is 13.9. The molecule has 2 rings (SSSR count). The minimum Gasteiger partial charge on any atom is -0.385 e. The van der Waals surface area contributed by atoms with Gasteiger partial charge in [0, 0.05) is 30.6 Å².